The van der Waals surface area contributed by atoms with Crippen LogP contribution in [0.5, 0.6) is 0 Å². The monoisotopic (exact) mass is 223 g/mol. The van der Waals surface area contributed by atoms with Crippen LogP contribution in [0, 0.1) is 0 Å². The fourth-order valence-corrected chi connectivity index (χ4v) is 0.518. The maximum Gasteiger partial charge on any atom is 0.320 e. The van der Waals surface area contributed by atoms with Gasteiger partial charge in [0.25, 0.3) is 0 Å². The van der Waals surface area contributed by atoms with Crippen LogP contribution in [-0.2, 0) is 9.59 Å². The van der Waals surface area contributed by atoms with Crippen molar-refractivity contribution >= 4 is 11.9 Å². The summed E-state index contributed by atoms with van der Waals surface area (Å²) in [6.07, 6.45) is 0. The highest BCUT2D eigenvalue weighted by Gasteiger charge is 2.17. The number of hydrogen-bond acceptors (Lipinski definition) is 5. The van der Waals surface area contributed by atoms with E-state index in [4.69, 9.17) is 20.4 Å². The third-order valence-electron chi connectivity index (χ3n) is 1.34. The number of carboxylic acids is 2. The lowest BCUT2D eigenvalue weighted by atomic mass is 10.2. The molecule has 2 atom stereocenters. The van der Waals surface area contributed by atoms with Crippen LogP contribution in [0.25, 0.3) is 0 Å². The molecule has 0 bridgehead atoms. The molecule has 0 radical (unpaired) electrons. The van der Waals surface area contributed by atoms with Crippen LogP contribution in [-0.4, -0.2) is 57.7 Å². The van der Waals surface area contributed by atoms with Gasteiger partial charge in [-0.3, -0.25) is 14.9 Å². The van der Waals surface area contributed by atoms with Crippen molar-refractivity contribution in [2.45, 2.75) is 25.9 Å². The van der Waals surface area contributed by atoms with E-state index in [1.807, 2.05) is 0 Å². The minimum atomic E-state index is -1.06. The first-order valence-electron chi connectivity index (χ1n) is 4.30. The van der Waals surface area contributed by atoms with Crippen LogP contribution < -0.4 is 5.32 Å². The van der Waals surface area contributed by atoms with Crippen molar-refractivity contribution in [3.05, 3.63) is 0 Å². The Hall–Kier alpha value is -1.18. The molecule has 0 aliphatic rings. The number of aliphatic carboxylic acids is 2. The molecular formula is C8H17NO6. The Bertz CT molecular complexity index is 176. The van der Waals surface area contributed by atoms with Gasteiger partial charge in [0, 0.05) is 0 Å². The van der Waals surface area contributed by atoms with E-state index < -0.39 is 24.0 Å². The second-order valence-electron chi connectivity index (χ2n) is 2.73. The topological polar surface area (TPSA) is 127 Å². The van der Waals surface area contributed by atoms with Crippen LogP contribution in [0.4, 0.5) is 0 Å². The highest BCUT2D eigenvalue weighted by molar-refractivity contribution is 5.76. The van der Waals surface area contributed by atoms with E-state index in [9.17, 15) is 9.59 Å². The van der Waals surface area contributed by atoms with Crippen LogP contribution in [0.15, 0.2) is 0 Å². The molecule has 90 valence electrons. The molecule has 0 spiro atoms. The number of carboxylic acid groups (broad SMARTS) is 2. The molecule has 0 aliphatic carbocycles. The van der Waals surface area contributed by atoms with Crippen LogP contribution >= 0.6 is 0 Å². The van der Waals surface area contributed by atoms with E-state index in [1.165, 1.54) is 13.8 Å². The van der Waals surface area contributed by atoms with Crippen molar-refractivity contribution in [2.24, 2.45) is 0 Å². The highest BCUT2D eigenvalue weighted by atomic mass is 16.4. The average Bonchev–Trinajstić information content (AvgIpc) is 2.17. The second-order valence-corrected chi connectivity index (χ2v) is 2.73. The summed E-state index contributed by atoms with van der Waals surface area (Å²) in [5.41, 5.74) is 0. The van der Waals surface area contributed by atoms with Crippen LogP contribution in [0.1, 0.15) is 13.8 Å². The normalized spacial score (nSPS) is 13.3. The SMILES string of the molecule is CC(NC(C)C(=O)O)C(=O)O.OCCO. The first-order valence-corrected chi connectivity index (χ1v) is 4.30. The molecule has 7 heteroatoms. The van der Waals surface area contributed by atoms with Crippen molar-refractivity contribution < 1.29 is 30.0 Å². The van der Waals surface area contributed by atoms with Gasteiger partial charge >= 0.3 is 11.9 Å². The standard InChI is InChI=1S/C6H11NO4.C2H6O2/c1-3(5(8)9)7-4(2)6(10)11;3-1-2-4/h3-4,7H,1-2H3,(H,8,9)(H,10,11);3-4H,1-2H2. The third-order valence-corrected chi connectivity index (χ3v) is 1.34. The van der Waals surface area contributed by atoms with Crippen molar-refractivity contribution in [3.8, 4) is 0 Å². The Balaban J connectivity index is 0. The van der Waals surface area contributed by atoms with Gasteiger partial charge in [0.2, 0.25) is 0 Å². The van der Waals surface area contributed by atoms with E-state index in [-0.39, 0.29) is 13.2 Å². The van der Waals surface area contributed by atoms with Gasteiger partial charge in [-0.1, -0.05) is 0 Å². The molecule has 0 saturated heterocycles. The molecule has 2 unspecified atom stereocenters. The molecule has 0 aliphatic heterocycles. The van der Waals surface area contributed by atoms with Crippen molar-refractivity contribution in [1.82, 2.24) is 5.32 Å². The number of nitrogens with one attached hydrogen (secondary N) is 1. The Morgan fingerprint density at radius 1 is 1.00 bits per heavy atom. The van der Waals surface area contributed by atoms with Gasteiger partial charge in [0.05, 0.1) is 13.2 Å². The number of aliphatic hydroxyl groups excluding tert-OH is 2. The molecule has 15 heavy (non-hydrogen) atoms. The van der Waals surface area contributed by atoms with Gasteiger partial charge in [-0.2, -0.15) is 0 Å². The predicted octanol–water partition coefficient (Wildman–Crippen LogP) is -1.51. The van der Waals surface area contributed by atoms with Crippen molar-refractivity contribution in [3.63, 3.8) is 0 Å². The van der Waals surface area contributed by atoms with E-state index in [1.54, 1.807) is 0 Å². The fraction of sp³-hybridized carbons (Fsp3) is 0.750. The smallest absolute Gasteiger partial charge is 0.320 e. The summed E-state index contributed by atoms with van der Waals surface area (Å²) in [6, 6.07) is -1.66. The molecule has 0 rings (SSSR count). The zero-order chi connectivity index (χ0) is 12.4. The van der Waals surface area contributed by atoms with Gasteiger partial charge in [0.1, 0.15) is 12.1 Å². The van der Waals surface area contributed by atoms with E-state index in [0.29, 0.717) is 0 Å². The number of carbonyl (C=O) groups is 2. The lowest BCUT2D eigenvalue weighted by Crippen LogP contribution is -2.43. The molecule has 0 saturated carbocycles. The summed E-state index contributed by atoms with van der Waals surface area (Å²) in [6.45, 7) is 2.53. The molecular weight excluding hydrogens is 206 g/mol. The summed E-state index contributed by atoms with van der Waals surface area (Å²) in [5.74, 6) is -2.11. The summed E-state index contributed by atoms with van der Waals surface area (Å²) < 4.78 is 0. The summed E-state index contributed by atoms with van der Waals surface area (Å²) in [7, 11) is 0. The molecule has 7 nitrogen and oxygen atoms in total. The molecule has 5 N–H and O–H groups in total. The average molecular weight is 223 g/mol. The third kappa shape index (κ3) is 10.7. The lowest BCUT2D eigenvalue weighted by molar-refractivity contribution is -0.141. The zero-order valence-electron chi connectivity index (χ0n) is 8.67. The molecule has 0 aromatic rings. The molecule has 0 amide bonds. The van der Waals surface area contributed by atoms with Crippen molar-refractivity contribution in [2.75, 3.05) is 13.2 Å². The van der Waals surface area contributed by atoms with Gasteiger partial charge in [-0.15, -0.1) is 0 Å². The number of hydrogen-bond donors (Lipinski definition) is 5. The van der Waals surface area contributed by atoms with Crippen molar-refractivity contribution in [1.29, 1.82) is 0 Å². The van der Waals surface area contributed by atoms with Crippen LogP contribution in [0.3, 0.4) is 0 Å². The summed E-state index contributed by atoms with van der Waals surface area (Å²) >= 11 is 0. The highest BCUT2D eigenvalue weighted by Crippen LogP contribution is 1.87. The Morgan fingerprint density at radius 2 is 1.27 bits per heavy atom. The Morgan fingerprint density at radius 3 is 1.40 bits per heavy atom. The van der Waals surface area contributed by atoms with E-state index in [2.05, 4.69) is 5.32 Å². The minimum Gasteiger partial charge on any atom is -0.480 e. The van der Waals surface area contributed by atoms with Crippen LogP contribution in [0.2, 0.25) is 0 Å². The van der Waals surface area contributed by atoms with Gasteiger partial charge in [-0.25, -0.2) is 0 Å². The molecule has 0 fully saturated rings. The summed E-state index contributed by atoms with van der Waals surface area (Å²) in [5, 5.41) is 34.3. The maximum absolute atomic E-state index is 10.2. The first kappa shape index (κ1) is 16.3. The predicted molar refractivity (Wildman–Crippen MR) is 51.5 cm³/mol. The van der Waals surface area contributed by atoms with E-state index in [0.717, 1.165) is 0 Å². The molecule has 0 heterocycles. The Kier molecular flexibility index (Phi) is 10.2. The lowest BCUT2D eigenvalue weighted by Gasteiger charge is -2.12. The quantitative estimate of drug-likeness (QED) is 0.383. The maximum atomic E-state index is 10.2. The number of rotatable bonds is 5. The summed E-state index contributed by atoms with van der Waals surface area (Å²) in [4.78, 5) is 20.4. The Labute approximate surface area is 87.3 Å². The largest absolute Gasteiger partial charge is 0.480 e. The van der Waals surface area contributed by atoms with Gasteiger partial charge < -0.3 is 20.4 Å². The number of aliphatic hydroxyl groups is 2. The van der Waals surface area contributed by atoms with Gasteiger partial charge in [-0.05, 0) is 13.8 Å². The second kappa shape index (κ2) is 9.38. The zero-order valence-corrected chi connectivity index (χ0v) is 8.67. The fourth-order valence-electron chi connectivity index (χ4n) is 0.518. The molecule has 0 aromatic carbocycles. The van der Waals surface area contributed by atoms with E-state index >= 15 is 0 Å². The molecule has 0 aromatic heterocycles. The minimum absolute atomic E-state index is 0.125. The first-order chi connectivity index (χ1) is 6.86. The van der Waals surface area contributed by atoms with Gasteiger partial charge in [0.15, 0.2) is 0 Å².